The molecule has 0 radical (unpaired) electrons. The minimum Gasteiger partial charge on any atom is -0.454 e. The van der Waals surface area contributed by atoms with E-state index in [0.717, 1.165) is 23.3 Å². The maximum atomic E-state index is 12.5. The van der Waals surface area contributed by atoms with E-state index in [2.05, 4.69) is 5.32 Å². The summed E-state index contributed by atoms with van der Waals surface area (Å²) in [6.07, 6.45) is 1.76. The van der Waals surface area contributed by atoms with E-state index in [9.17, 15) is 14.4 Å². The Labute approximate surface area is 160 Å². The number of esters is 1. The minimum atomic E-state index is -0.611. The maximum Gasteiger partial charge on any atom is 0.341 e. The number of ether oxygens (including phenoxy) is 1. The Hall–Kier alpha value is -2.18. The number of ketones is 1. The lowest BCUT2D eigenvalue weighted by Gasteiger charge is -2.08. The predicted octanol–water partition coefficient (Wildman–Crippen LogP) is 4.41. The average Bonchev–Trinajstić information content (AvgIpc) is 3.41. The van der Waals surface area contributed by atoms with Gasteiger partial charge < -0.3 is 10.1 Å². The molecular formula is C19H18ClNO4S. The smallest absolute Gasteiger partial charge is 0.341 e. The van der Waals surface area contributed by atoms with Crippen molar-refractivity contribution in [1.82, 2.24) is 0 Å². The molecule has 1 aromatic carbocycles. The van der Waals surface area contributed by atoms with Crippen molar-refractivity contribution in [3.05, 3.63) is 50.9 Å². The quantitative estimate of drug-likeness (QED) is 0.584. The third kappa shape index (κ3) is 4.14. The predicted molar refractivity (Wildman–Crippen MR) is 101 cm³/mol. The molecular weight excluding hydrogens is 374 g/mol. The molecule has 1 N–H and O–H groups in total. The summed E-state index contributed by atoms with van der Waals surface area (Å²) in [4.78, 5) is 37.6. The number of hydrogen-bond donors (Lipinski definition) is 1. The number of carbonyl (C=O) groups is 3. The van der Waals surface area contributed by atoms with Crippen LogP contribution in [0.1, 0.15) is 44.0 Å². The summed E-state index contributed by atoms with van der Waals surface area (Å²) in [5, 5.41) is 3.83. The van der Waals surface area contributed by atoms with Crippen molar-refractivity contribution in [3.8, 4) is 0 Å². The third-order valence-electron chi connectivity index (χ3n) is 4.27. The number of rotatable bonds is 6. The van der Waals surface area contributed by atoms with E-state index in [4.69, 9.17) is 16.3 Å². The van der Waals surface area contributed by atoms with Gasteiger partial charge in [-0.25, -0.2) is 4.79 Å². The first-order valence-corrected chi connectivity index (χ1v) is 9.43. The molecule has 136 valence electrons. The molecule has 0 spiro atoms. The number of benzene rings is 1. The average molecular weight is 392 g/mol. The monoisotopic (exact) mass is 391 g/mol. The first-order chi connectivity index (χ1) is 12.4. The molecule has 1 heterocycles. The van der Waals surface area contributed by atoms with Gasteiger partial charge in [-0.15, -0.1) is 11.3 Å². The van der Waals surface area contributed by atoms with E-state index in [0.29, 0.717) is 21.2 Å². The maximum absolute atomic E-state index is 12.5. The number of Topliss-reactive ketones (excluding diaryl/α,β-unsaturated/α-hetero) is 1. The molecule has 0 unspecified atom stereocenters. The standard InChI is InChI=1S/C19H18ClNO4S/c1-10-11(2)26-18(21-17(23)13-3-4-13)16(10)19(24)25-9-15(22)12-5-7-14(20)8-6-12/h5-8,13H,3-4,9H2,1-2H3,(H,21,23). The summed E-state index contributed by atoms with van der Waals surface area (Å²) in [6, 6.07) is 6.38. The molecule has 0 saturated heterocycles. The Morgan fingerprint density at radius 1 is 1.19 bits per heavy atom. The number of amides is 1. The van der Waals surface area contributed by atoms with Crippen LogP contribution in [-0.2, 0) is 9.53 Å². The van der Waals surface area contributed by atoms with Crippen molar-refractivity contribution in [3.63, 3.8) is 0 Å². The zero-order valence-electron chi connectivity index (χ0n) is 14.4. The third-order valence-corrected chi connectivity index (χ3v) is 5.65. The number of aryl methyl sites for hydroxylation is 1. The molecule has 1 aromatic heterocycles. The van der Waals surface area contributed by atoms with Crippen LogP contribution in [0, 0.1) is 19.8 Å². The van der Waals surface area contributed by atoms with Gasteiger partial charge in [0.1, 0.15) is 5.00 Å². The Balaban J connectivity index is 1.69. The number of carbonyl (C=O) groups excluding carboxylic acids is 3. The fourth-order valence-electron chi connectivity index (χ4n) is 2.44. The summed E-state index contributed by atoms with van der Waals surface area (Å²) in [5.41, 5.74) is 1.50. The molecule has 2 aromatic rings. The topological polar surface area (TPSA) is 72.5 Å². The molecule has 0 aliphatic heterocycles. The van der Waals surface area contributed by atoms with E-state index < -0.39 is 5.97 Å². The first-order valence-electron chi connectivity index (χ1n) is 8.23. The molecule has 1 amide bonds. The second-order valence-corrected chi connectivity index (χ2v) is 7.92. The fourth-order valence-corrected chi connectivity index (χ4v) is 3.62. The van der Waals surface area contributed by atoms with E-state index in [1.807, 2.05) is 6.92 Å². The Kier molecular flexibility index (Phi) is 5.44. The van der Waals surface area contributed by atoms with E-state index in [-0.39, 0.29) is 24.2 Å². The van der Waals surface area contributed by atoms with Crippen LogP contribution >= 0.6 is 22.9 Å². The molecule has 1 saturated carbocycles. The highest BCUT2D eigenvalue weighted by Gasteiger charge is 2.31. The summed E-state index contributed by atoms with van der Waals surface area (Å²) >= 11 is 7.14. The number of thiophene rings is 1. The zero-order chi connectivity index (χ0) is 18.8. The van der Waals surface area contributed by atoms with Gasteiger partial charge >= 0.3 is 5.97 Å². The molecule has 0 bridgehead atoms. The molecule has 3 rings (SSSR count). The summed E-state index contributed by atoms with van der Waals surface area (Å²) in [7, 11) is 0. The zero-order valence-corrected chi connectivity index (χ0v) is 16.0. The summed E-state index contributed by atoms with van der Waals surface area (Å²) < 4.78 is 5.20. The van der Waals surface area contributed by atoms with Gasteiger partial charge in [0.15, 0.2) is 12.4 Å². The van der Waals surface area contributed by atoms with Crippen LogP contribution < -0.4 is 5.32 Å². The first kappa shape index (κ1) is 18.6. The van der Waals surface area contributed by atoms with Crippen LogP contribution in [0.5, 0.6) is 0 Å². The van der Waals surface area contributed by atoms with Crippen LogP contribution in [0.3, 0.4) is 0 Å². The van der Waals surface area contributed by atoms with Gasteiger partial charge in [-0.1, -0.05) is 11.6 Å². The van der Waals surface area contributed by atoms with Gasteiger partial charge in [0.25, 0.3) is 0 Å². The minimum absolute atomic E-state index is 0.0352. The van der Waals surface area contributed by atoms with Crippen LogP contribution in [0.4, 0.5) is 5.00 Å². The van der Waals surface area contributed by atoms with Gasteiger partial charge in [0, 0.05) is 21.4 Å². The fraction of sp³-hybridized carbons (Fsp3) is 0.316. The van der Waals surface area contributed by atoms with Crippen molar-refractivity contribution in [2.45, 2.75) is 26.7 Å². The molecule has 26 heavy (non-hydrogen) atoms. The number of hydrogen-bond acceptors (Lipinski definition) is 5. The second-order valence-electron chi connectivity index (χ2n) is 6.26. The number of anilines is 1. The second kappa shape index (κ2) is 7.60. The van der Waals surface area contributed by atoms with E-state index >= 15 is 0 Å². The molecule has 7 heteroatoms. The van der Waals surface area contributed by atoms with Gasteiger partial charge in [-0.2, -0.15) is 0 Å². The number of halogens is 1. The lowest BCUT2D eigenvalue weighted by Crippen LogP contribution is -2.18. The van der Waals surface area contributed by atoms with Gasteiger partial charge in [0.2, 0.25) is 5.91 Å². The Morgan fingerprint density at radius 2 is 1.85 bits per heavy atom. The highest BCUT2D eigenvalue weighted by atomic mass is 35.5. The van der Waals surface area contributed by atoms with Gasteiger partial charge in [-0.3, -0.25) is 9.59 Å². The highest BCUT2D eigenvalue weighted by Crippen LogP contribution is 2.36. The SMILES string of the molecule is Cc1sc(NC(=O)C2CC2)c(C(=O)OCC(=O)c2ccc(Cl)cc2)c1C. The molecule has 5 nitrogen and oxygen atoms in total. The van der Waals surface area contributed by atoms with Crippen molar-refractivity contribution in [2.75, 3.05) is 11.9 Å². The van der Waals surface area contributed by atoms with Crippen LogP contribution in [-0.4, -0.2) is 24.3 Å². The Morgan fingerprint density at radius 3 is 2.46 bits per heavy atom. The van der Waals surface area contributed by atoms with Crippen LogP contribution in [0.25, 0.3) is 0 Å². The largest absolute Gasteiger partial charge is 0.454 e. The van der Waals surface area contributed by atoms with Crippen LogP contribution in [0.2, 0.25) is 5.02 Å². The van der Waals surface area contributed by atoms with Gasteiger partial charge in [0.05, 0.1) is 5.56 Å². The molecule has 1 aliphatic rings. The normalized spacial score (nSPS) is 13.3. The highest BCUT2D eigenvalue weighted by molar-refractivity contribution is 7.16. The lowest BCUT2D eigenvalue weighted by atomic mass is 10.1. The lowest BCUT2D eigenvalue weighted by molar-refractivity contribution is -0.117. The van der Waals surface area contributed by atoms with Crippen LogP contribution in [0.15, 0.2) is 24.3 Å². The van der Waals surface area contributed by atoms with Gasteiger partial charge in [-0.05, 0) is 56.5 Å². The van der Waals surface area contributed by atoms with Crippen molar-refractivity contribution < 1.29 is 19.1 Å². The van der Waals surface area contributed by atoms with Crippen molar-refractivity contribution in [1.29, 1.82) is 0 Å². The van der Waals surface area contributed by atoms with Crippen molar-refractivity contribution >= 4 is 45.6 Å². The molecule has 1 aliphatic carbocycles. The number of nitrogens with one attached hydrogen (secondary N) is 1. The molecule has 0 atom stereocenters. The Bertz CT molecular complexity index is 868. The van der Waals surface area contributed by atoms with Crippen molar-refractivity contribution in [2.24, 2.45) is 5.92 Å². The summed E-state index contributed by atoms with van der Waals surface area (Å²) in [5.74, 6) is -0.964. The van der Waals surface area contributed by atoms with E-state index in [1.165, 1.54) is 11.3 Å². The van der Waals surface area contributed by atoms with E-state index in [1.54, 1.807) is 31.2 Å². The molecule has 1 fully saturated rings. The summed E-state index contributed by atoms with van der Waals surface area (Å²) in [6.45, 7) is 3.31.